The SMILES string of the molecule is CN(CCC(F)(F)F)C(CC(N)=NO)c1ccccc1. The fourth-order valence-electron chi connectivity index (χ4n) is 1.90. The molecular weight excluding hydrogens is 271 g/mol. The van der Waals surface area contributed by atoms with Crippen LogP contribution in [-0.4, -0.2) is 35.7 Å². The maximum atomic E-state index is 12.3. The monoisotopic (exact) mass is 289 g/mol. The molecule has 4 nitrogen and oxygen atoms in total. The molecule has 1 unspecified atom stereocenters. The van der Waals surface area contributed by atoms with Crippen LogP contribution in [0.3, 0.4) is 0 Å². The lowest BCUT2D eigenvalue weighted by molar-refractivity contribution is -0.138. The van der Waals surface area contributed by atoms with Gasteiger partial charge in [0.25, 0.3) is 0 Å². The van der Waals surface area contributed by atoms with Gasteiger partial charge in [-0.2, -0.15) is 13.2 Å². The van der Waals surface area contributed by atoms with Crippen LogP contribution in [0.2, 0.25) is 0 Å². The highest BCUT2D eigenvalue weighted by atomic mass is 19.4. The largest absolute Gasteiger partial charge is 0.409 e. The van der Waals surface area contributed by atoms with Crippen LogP contribution in [-0.2, 0) is 0 Å². The maximum Gasteiger partial charge on any atom is 0.390 e. The maximum absolute atomic E-state index is 12.3. The molecule has 1 aromatic rings. The fraction of sp³-hybridized carbons (Fsp3) is 0.462. The van der Waals surface area contributed by atoms with Gasteiger partial charge < -0.3 is 10.9 Å². The minimum Gasteiger partial charge on any atom is -0.409 e. The van der Waals surface area contributed by atoms with Gasteiger partial charge in [-0.05, 0) is 12.6 Å². The number of nitrogens with zero attached hydrogens (tertiary/aromatic N) is 2. The van der Waals surface area contributed by atoms with Crippen LogP contribution in [0, 0.1) is 0 Å². The van der Waals surface area contributed by atoms with Crippen molar-refractivity contribution in [3.05, 3.63) is 35.9 Å². The average Bonchev–Trinajstić information content (AvgIpc) is 2.42. The first-order valence-electron chi connectivity index (χ1n) is 6.12. The smallest absolute Gasteiger partial charge is 0.390 e. The van der Waals surface area contributed by atoms with Crippen molar-refractivity contribution >= 4 is 5.84 Å². The van der Waals surface area contributed by atoms with E-state index in [9.17, 15) is 13.2 Å². The van der Waals surface area contributed by atoms with E-state index in [1.165, 1.54) is 0 Å². The molecule has 0 aliphatic heterocycles. The fourth-order valence-corrected chi connectivity index (χ4v) is 1.90. The summed E-state index contributed by atoms with van der Waals surface area (Å²) in [6, 6.07) is 8.66. The first kappa shape index (κ1) is 16.3. The summed E-state index contributed by atoms with van der Waals surface area (Å²) in [4.78, 5) is 1.56. The molecule has 3 N–H and O–H groups in total. The second-order valence-corrected chi connectivity index (χ2v) is 4.57. The molecule has 0 aliphatic rings. The molecule has 0 fully saturated rings. The molecule has 0 aromatic heterocycles. The normalized spacial score (nSPS) is 14.6. The van der Waals surface area contributed by atoms with Crippen LogP contribution in [0.5, 0.6) is 0 Å². The van der Waals surface area contributed by atoms with E-state index in [0.29, 0.717) is 0 Å². The Morgan fingerprint density at radius 2 is 1.95 bits per heavy atom. The number of oxime groups is 1. The molecule has 1 aromatic carbocycles. The van der Waals surface area contributed by atoms with Crippen LogP contribution < -0.4 is 5.73 Å². The molecule has 0 saturated heterocycles. The summed E-state index contributed by atoms with van der Waals surface area (Å²) in [5.74, 6) is -0.0160. The Morgan fingerprint density at radius 3 is 2.45 bits per heavy atom. The van der Waals surface area contributed by atoms with Crippen molar-refractivity contribution in [2.24, 2.45) is 10.9 Å². The van der Waals surface area contributed by atoms with Gasteiger partial charge in [0, 0.05) is 19.0 Å². The van der Waals surface area contributed by atoms with Gasteiger partial charge >= 0.3 is 6.18 Å². The zero-order chi connectivity index (χ0) is 15.2. The Bertz CT molecular complexity index is 434. The van der Waals surface area contributed by atoms with E-state index in [1.807, 2.05) is 6.07 Å². The molecule has 1 rings (SSSR count). The lowest BCUT2D eigenvalue weighted by atomic mass is 10.0. The summed E-state index contributed by atoms with van der Waals surface area (Å²) in [5.41, 5.74) is 6.30. The molecular formula is C13H18F3N3O. The number of hydrogen-bond donors (Lipinski definition) is 2. The highest BCUT2D eigenvalue weighted by molar-refractivity contribution is 5.80. The molecule has 0 saturated carbocycles. The van der Waals surface area contributed by atoms with Gasteiger partial charge in [0.1, 0.15) is 5.84 Å². The lowest BCUT2D eigenvalue weighted by Gasteiger charge is -2.28. The van der Waals surface area contributed by atoms with Crippen molar-refractivity contribution in [3.8, 4) is 0 Å². The molecule has 0 heterocycles. The molecule has 0 amide bonds. The molecule has 0 aliphatic carbocycles. The molecule has 0 radical (unpaired) electrons. The highest BCUT2D eigenvalue weighted by Crippen LogP contribution is 2.26. The van der Waals surface area contributed by atoms with E-state index in [-0.39, 0.29) is 24.8 Å². The number of halogens is 3. The summed E-state index contributed by atoms with van der Waals surface area (Å²) >= 11 is 0. The van der Waals surface area contributed by atoms with Crippen molar-refractivity contribution in [3.63, 3.8) is 0 Å². The van der Waals surface area contributed by atoms with E-state index >= 15 is 0 Å². The second kappa shape index (κ2) is 7.14. The van der Waals surface area contributed by atoms with Crippen molar-refractivity contribution in [1.82, 2.24) is 4.90 Å². The van der Waals surface area contributed by atoms with Crippen molar-refractivity contribution in [1.29, 1.82) is 0 Å². The molecule has 0 bridgehead atoms. The molecule has 7 heteroatoms. The standard InChI is InChI=1S/C13H18F3N3O/c1-19(8-7-13(14,15)16)11(9-12(17)18-20)10-5-3-2-4-6-10/h2-6,11,20H,7-9H2,1H3,(H2,17,18). The summed E-state index contributed by atoms with van der Waals surface area (Å²) in [5, 5.41) is 11.5. The van der Waals surface area contributed by atoms with Crippen molar-refractivity contribution in [2.75, 3.05) is 13.6 Å². The Morgan fingerprint density at radius 1 is 1.35 bits per heavy atom. The lowest BCUT2D eigenvalue weighted by Crippen LogP contribution is -2.31. The summed E-state index contributed by atoms with van der Waals surface area (Å²) in [7, 11) is 1.59. The number of nitrogens with two attached hydrogens (primary N) is 1. The van der Waals surface area contributed by atoms with E-state index in [4.69, 9.17) is 10.9 Å². The summed E-state index contributed by atoms with van der Waals surface area (Å²) < 4.78 is 36.9. The third kappa shape index (κ3) is 5.48. The van der Waals surface area contributed by atoms with Gasteiger partial charge in [0.15, 0.2) is 0 Å². The second-order valence-electron chi connectivity index (χ2n) is 4.57. The van der Waals surface area contributed by atoms with Gasteiger partial charge in [-0.1, -0.05) is 35.5 Å². The Labute approximate surface area is 115 Å². The zero-order valence-corrected chi connectivity index (χ0v) is 11.1. The van der Waals surface area contributed by atoms with Gasteiger partial charge in [-0.3, -0.25) is 4.90 Å². The first-order valence-corrected chi connectivity index (χ1v) is 6.12. The predicted octanol–water partition coefficient (Wildman–Crippen LogP) is 2.75. The van der Waals surface area contributed by atoms with E-state index in [2.05, 4.69) is 5.16 Å². The van der Waals surface area contributed by atoms with Crippen LogP contribution in [0.4, 0.5) is 13.2 Å². The first-order chi connectivity index (χ1) is 9.33. The molecule has 20 heavy (non-hydrogen) atoms. The third-order valence-electron chi connectivity index (χ3n) is 3.00. The van der Waals surface area contributed by atoms with Crippen LogP contribution in [0.25, 0.3) is 0 Å². The summed E-state index contributed by atoms with van der Waals surface area (Å²) in [6.07, 6.45) is -4.94. The van der Waals surface area contributed by atoms with E-state index < -0.39 is 12.6 Å². The van der Waals surface area contributed by atoms with Gasteiger partial charge in [-0.25, -0.2) is 0 Å². The Hall–Kier alpha value is -1.76. The molecule has 0 spiro atoms. The average molecular weight is 289 g/mol. The predicted molar refractivity (Wildman–Crippen MR) is 70.5 cm³/mol. The van der Waals surface area contributed by atoms with Crippen molar-refractivity contribution in [2.45, 2.75) is 25.1 Å². The quantitative estimate of drug-likeness (QED) is 0.366. The minimum atomic E-state index is -4.20. The number of alkyl halides is 3. The van der Waals surface area contributed by atoms with Gasteiger partial charge in [0.05, 0.1) is 6.42 Å². The van der Waals surface area contributed by atoms with Gasteiger partial charge in [0.2, 0.25) is 0 Å². The Kier molecular flexibility index (Phi) is 5.82. The summed E-state index contributed by atoms with van der Waals surface area (Å²) in [6.45, 7) is -0.151. The number of benzene rings is 1. The van der Waals surface area contributed by atoms with Gasteiger partial charge in [-0.15, -0.1) is 0 Å². The number of amidine groups is 1. The number of rotatable bonds is 6. The molecule has 112 valence electrons. The highest BCUT2D eigenvalue weighted by Gasteiger charge is 2.29. The number of hydrogen-bond acceptors (Lipinski definition) is 3. The van der Waals surface area contributed by atoms with Crippen LogP contribution in [0.15, 0.2) is 35.5 Å². The molecule has 1 atom stereocenters. The minimum absolute atomic E-state index is 0.0160. The van der Waals surface area contributed by atoms with E-state index in [0.717, 1.165) is 5.56 Å². The van der Waals surface area contributed by atoms with Crippen molar-refractivity contribution < 1.29 is 18.4 Å². The topological polar surface area (TPSA) is 61.8 Å². The van der Waals surface area contributed by atoms with Crippen LogP contribution >= 0.6 is 0 Å². The zero-order valence-electron chi connectivity index (χ0n) is 11.1. The van der Waals surface area contributed by atoms with E-state index in [1.54, 1.807) is 36.2 Å². The third-order valence-corrected chi connectivity index (χ3v) is 3.00. The Balaban J connectivity index is 2.82. The van der Waals surface area contributed by atoms with Crippen LogP contribution in [0.1, 0.15) is 24.4 Å².